The van der Waals surface area contributed by atoms with Crippen molar-refractivity contribution >= 4 is 5.82 Å². The van der Waals surface area contributed by atoms with Crippen LogP contribution in [0.4, 0.5) is 5.82 Å². The number of nitrogens with zero attached hydrogens (tertiary/aromatic N) is 1. The van der Waals surface area contributed by atoms with Crippen LogP contribution in [0.1, 0.15) is 11.4 Å². The topological polar surface area (TPSA) is 63.9 Å². The van der Waals surface area contributed by atoms with Crippen molar-refractivity contribution in [1.29, 1.82) is 0 Å². The molecular formula is C12H15N3O. The van der Waals surface area contributed by atoms with Crippen molar-refractivity contribution in [1.82, 2.24) is 9.97 Å². The molecule has 4 nitrogen and oxygen atoms in total. The molecule has 0 atom stereocenters. The number of benzene rings is 1. The maximum absolute atomic E-state index is 5.53. The molecule has 0 radical (unpaired) electrons. The highest BCUT2D eigenvalue weighted by Crippen LogP contribution is 2.02. The van der Waals surface area contributed by atoms with Crippen LogP contribution in [0, 0.1) is 0 Å². The molecule has 0 aliphatic heterocycles. The molecule has 2 aromatic rings. The lowest BCUT2D eigenvalue weighted by atomic mass is 10.2. The zero-order chi connectivity index (χ0) is 11.2. The van der Waals surface area contributed by atoms with Gasteiger partial charge in [0.15, 0.2) is 0 Å². The molecule has 0 fully saturated rings. The second-order valence-electron chi connectivity index (χ2n) is 3.57. The van der Waals surface area contributed by atoms with Crippen molar-refractivity contribution in [3.8, 4) is 0 Å². The Hall–Kier alpha value is -1.81. The van der Waals surface area contributed by atoms with E-state index in [1.54, 1.807) is 6.20 Å². The lowest BCUT2D eigenvalue weighted by molar-refractivity contribution is 0.123. The molecule has 0 amide bonds. The largest absolute Gasteiger partial charge is 0.384 e. The van der Waals surface area contributed by atoms with E-state index in [1.807, 2.05) is 30.3 Å². The number of aromatic nitrogens is 2. The summed E-state index contributed by atoms with van der Waals surface area (Å²) >= 11 is 0. The summed E-state index contributed by atoms with van der Waals surface area (Å²) in [5.74, 6) is 1.46. The second kappa shape index (κ2) is 5.32. The van der Waals surface area contributed by atoms with Gasteiger partial charge in [0.25, 0.3) is 0 Å². The van der Waals surface area contributed by atoms with Crippen LogP contribution in [-0.2, 0) is 17.8 Å². The van der Waals surface area contributed by atoms with Crippen LogP contribution in [0.15, 0.2) is 36.5 Å². The molecular weight excluding hydrogens is 202 g/mol. The molecule has 4 heteroatoms. The summed E-state index contributed by atoms with van der Waals surface area (Å²) in [5, 5.41) is 0. The molecule has 2 rings (SSSR count). The minimum atomic E-state index is 0.595. The summed E-state index contributed by atoms with van der Waals surface area (Å²) < 4.78 is 5.53. The summed E-state index contributed by atoms with van der Waals surface area (Å²) in [6.07, 6.45) is 2.37. The molecule has 0 unspecified atom stereocenters. The van der Waals surface area contributed by atoms with Crippen LogP contribution in [-0.4, -0.2) is 16.6 Å². The number of nitrogen functional groups attached to an aromatic ring is 1. The number of nitrogens with one attached hydrogen (secondary N) is 1. The van der Waals surface area contributed by atoms with Crippen LogP contribution in [0.2, 0.25) is 0 Å². The lowest BCUT2D eigenvalue weighted by Crippen LogP contribution is -2.00. The number of rotatable bonds is 5. The molecule has 1 heterocycles. The van der Waals surface area contributed by atoms with E-state index in [4.69, 9.17) is 10.5 Å². The standard InChI is InChI=1S/C12H15N3O/c13-11-8-14-12(15-11)6-7-16-9-10-4-2-1-3-5-10/h1-5,8H,6-7,9,13H2,(H,14,15). The molecule has 16 heavy (non-hydrogen) atoms. The quantitative estimate of drug-likeness (QED) is 0.750. The van der Waals surface area contributed by atoms with Crippen LogP contribution in [0.3, 0.4) is 0 Å². The van der Waals surface area contributed by atoms with Crippen molar-refractivity contribution in [2.45, 2.75) is 13.0 Å². The number of imidazole rings is 1. The van der Waals surface area contributed by atoms with Gasteiger partial charge in [-0.3, -0.25) is 0 Å². The highest BCUT2D eigenvalue weighted by molar-refractivity contribution is 5.24. The summed E-state index contributed by atoms with van der Waals surface area (Å²) in [4.78, 5) is 7.06. The summed E-state index contributed by atoms with van der Waals surface area (Å²) in [7, 11) is 0. The Balaban J connectivity index is 1.69. The van der Waals surface area contributed by atoms with Gasteiger partial charge in [0.1, 0.15) is 11.6 Å². The van der Waals surface area contributed by atoms with E-state index in [9.17, 15) is 0 Å². The number of nitrogens with two attached hydrogens (primary N) is 1. The zero-order valence-corrected chi connectivity index (χ0v) is 9.02. The third kappa shape index (κ3) is 3.10. The summed E-state index contributed by atoms with van der Waals surface area (Å²) in [6.45, 7) is 1.28. The van der Waals surface area contributed by atoms with Gasteiger partial charge in [0, 0.05) is 6.42 Å². The van der Waals surface area contributed by atoms with Gasteiger partial charge < -0.3 is 15.5 Å². The van der Waals surface area contributed by atoms with Crippen LogP contribution in [0.5, 0.6) is 0 Å². The van der Waals surface area contributed by atoms with Gasteiger partial charge in [0.05, 0.1) is 19.4 Å². The molecule has 0 spiro atoms. The third-order valence-corrected chi connectivity index (χ3v) is 2.24. The average Bonchev–Trinajstić information content (AvgIpc) is 2.72. The Kier molecular flexibility index (Phi) is 3.56. The Labute approximate surface area is 94.5 Å². The highest BCUT2D eigenvalue weighted by atomic mass is 16.5. The van der Waals surface area contributed by atoms with Crippen LogP contribution in [0.25, 0.3) is 0 Å². The van der Waals surface area contributed by atoms with E-state index in [-0.39, 0.29) is 0 Å². The minimum Gasteiger partial charge on any atom is -0.384 e. The fourth-order valence-electron chi connectivity index (χ4n) is 1.44. The van der Waals surface area contributed by atoms with E-state index in [1.165, 1.54) is 5.56 Å². The van der Waals surface area contributed by atoms with Gasteiger partial charge in [-0.25, -0.2) is 4.98 Å². The van der Waals surface area contributed by atoms with Crippen molar-refractivity contribution < 1.29 is 4.74 Å². The Morgan fingerprint density at radius 1 is 1.25 bits per heavy atom. The van der Waals surface area contributed by atoms with Gasteiger partial charge in [-0.15, -0.1) is 0 Å². The third-order valence-electron chi connectivity index (χ3n) is 2.24. The number of hydrogen-bond acceptors (Lipinski definition) is 3. The smallest absolute Gasteiger partial charge is 0.120 e. The molecule has 1 aromatic heterocycles. The summed E-state index contributed by atoms with van der Waals surface area (Å²) in [6, 6.07) is 10.1. The molecule has 0 aliphatic carbocycles. The van der Waals surface area contributed by atoms with Gasteiger partial charge in [-0.2, -0.15) is 0 Å². The number of aromatic amines is 1. The Morgan fingerprint density at radius 2 is 2.06 bits per heavy atom. The molecule has 0 saturated carbocycles. The molecule has 0 aliphatic rings. The van der Waals surface area contributed by atoms with Crippen molar-refractivity contribution in [3.63, 3.8) is 0 Å². The minimum absolute atomic E-state index is 0.595. The van der Waals surface area contributed by atoms with E-state index >= 15 is 0 Å². The maximum Gasteiger partial charge on any atom is 0.120 e. The van der Waals surface area contributed by atoms with Crippen LogP contribution < -0.4 is 5.73 Å². The second-order valence-corrected chi connectivity index (χ2v) is 3.57. The molecule has 1 aromatic carbocycles. The van der Waals surface area contributed by atoms with E-state index in [0.717, 1.165) is 12.2 Å². The van der Waals surface area contributed by atoms with E-state index in [0.29, 0.717) is 19.0 Å². The van der Waals surface area contributed by atoms with Gasteiger partial charge in [0.2, 0.25) is 0 Å². The van der Waals surface area contributed by atoms with Crippen molar-refractivity contribution in [2.75, 3.05) is 12.3 Å². The van der Waals surface area contributed by atoms with E-state index < -0.39 is 0 Å². The predicted octanol–water partition coefficient (Wildman–Crippen LogP) is 1.75. The van der Waals surface area contributed by atoms with Gasteiger partial charge in [-0.1, -0.05) is 30.3 Å². The Bertz CT molecular complexity index is 425. The number of hydrogen-bond donors (Lipinski definition) is 2. The molecule has 84 valence electrons. The van der Waals surface area contributed by atoms with Gasteiger partial charge >= 0.3 is 0 Å². The first-order valence-electron chi connectivity index (χ1n) is 5.25. The number of anilines is 1. The SMILES string of the molecule is Nc1cnc(CCOCc2ccccc2)[nH]1. The van der Waals surface area contributed by atoms with Crippen molar-refractivity contribution in [2.24, 2.45) is 0 Å². The molecule has 3 N–H and O–H groups in total. The number of H-pyrrole nitrogens is 1. The first-order valence-corrected chi connectivity index (χ1v) is 5.25. The first-order chi connectivity index (χ1) is 7.84. The predicted molar refractivity (Wildman–Crippen MR) is 62.8 cm³/mol. The Morgan fingerprint density at radius 3 is 2.75 bits per heavy atom. The monoisotopic (exact) mass is 217 g/mol. The summed E-state index contributed by atoms with van der Waals surface area (Å²) in [5.41, 5.74) is 6.70. The van der Waals surface area contributed by atoms with Crippen LogP contribution >= 0.6 is 0 Å². The zero-order valence-electron chi connectivity index (χ0n) is 9.02. The average molecular weight is 217 g/mol. The maximum atomic E-state index is 5.53. The van der Waals surface area contributed by atoms with E-state index in [2.05, 4.69) is 9.97 Å². The number of ether oxygens (including phenoxy) is 1. The fraction of sp³-hybridized carbons (Fsp3) is 0.250. The first kappa shape index (κ1) is 10.7. The lowest BCUT2D eigenvalue weighted by Gasteiger charge is -2.02. The van der Waals surface area contributed by atoms with Crippen molar-refractivity contribution in [3.05, 3.63) is 47.9 Å². The molecule has 0 bridgehead atoms. The fourth-order valence-corrected chi connectivity index (χ4v) is 1.44. The highest BCUT2D eigenvalue weighted by Gasteiger charge is 1.98. The molecule has 0 saturated heterocycles. The van der Waals surface area contributed by atoms with Gasteiger partial charge in [-0.05, 0) is 5.56 Å². The normalized spacial score (nSPS) is 10.5.